The van der Waals surface area contributed by atoms with Crippen molar-refractivity contribution in [3.05, 3.63) is 40.0 Å². The topological polar surface area (TPSA) is 136 Å². The summed E-state index contributed by atoms with van der Waals surface area (Å²) in [5, 5.41) is 21.5. The quantitative estimate of drug-likeness (QED) is 0.344. The number of nitro groups is 1. The summed E-state index contributed by atoms with van der Waals surface area (Å²) in [6, 6.07) is 4.56. The molecule has 0 atom stereocenters. The Morgan fingerprint density at radius 3 is 2.56 bits per heavy atom. The third-order valence-electron chi connectivity index (χ3n) is 4.20. The fraction of sp³-hybridized carbons (Fsp3) is 0.375. The molecule has 0 aromatic heterocycles. The highest BCUT2D eigenvalue weighted by Crippen LogP contribution is 2.33. The predicted molar refractivity (Wildman–Crippen MR) is 89.7 cm³/mol. The van der Waals surface area contributed by atoms with Crippen LogP contribution in [0.2, 0.25) is 0 Å². The molecule has 1 aliphatic heterocycles. The Labute approximate surface area is 143 Å². The normalized spacial score (nSPS) is 16.6. The van der Waals surface area contributed by atoms with Crippen molar-refractivity contribution in [1.82, 2.24) is 0 Å². The van der Waals surface area contributed by atoms with E-state index in [0.717, 1.165) is 0 Å². The highest BCUT2D eigenvalue weighted by Gasteiger charge is 2.38. The van der Waals surface area contributed by atoms with Crippen molar-refractivity contribution in [2.75, 3.05) is 25.1 Å². The van der Waals surface area contributed by atoms with Crippen LogP contribution in [0.4, 0.5) is 11.4 Å². The maximum Gasteiger partial charge on any atom is 0.330 e. The summed E-state index contributed by atoms with van der Waals surface area (Å²) < 4.78 is 4.48. The second kappa shape index (κ2) is 7.31. The minimum atomic E-state index is -1.57. The predicted octanol–water partition coefficient (Wildman–Crippen LogP) is 0.598. The number of nitrogens with two attached hydrogens (primary N) is 1. The second-order valence-corrected chi connectivity index (χ2v) is 5.74. The number of primary amides is 1. The number of hydrogen-bond acceptors (Lipinski definition) is 7. The molecule has 0 saturated carbocycles. The van der Waals surface area contributed by atoms with Crippen molar-refractivity contribution in [1.29, 1.82) is 0 Å². The van der Waals surface area contributed by atoms with Crippen LogP contribution in [0.5, 0.6) is 0 Å². The number of methoxy groups -OCH3 is 1. The van der Waals surface area contributed by atoms with Gasteiger partial charge < -0.3 is 20.5 Å². The molecule has 0 spiro atoms. The van der Waals surface area contributed by atoms with Crippen molar-refractivity contribution in [2.24, 2.45) is 5.73 Å². The standard InChI is InChI=1S/C16H19N3O6/c1-25-14(20)5-3-11-2-4-12(13(10-11)19(23)24)18-8-6-16(22,7-9-18)15(17)21/h2-5,10,22H,6-9H2,1H3,(H2,17,21)/b5-3+. The summed E-state index contributed by atoms with van der Waals surface area (Å²) in [6.45, 7) is 0.523. The molecule has 0 unspecified atom stereocenters. The number of carbonyl (C=O) groups excluding carboxylic acids is 2. The van der Waals surface area contributed by atoms with Gasteiger partial charge in [0.2, 0.25) is 5.91 Å². The SMILES string of the molecule is COC(=O)/C=C/c1ccc(N2CCC(O)(C(N)=O)CC2)c([N+](=O)[O-])c1. The average molecular weight is 349 g/mol. The highest BCUT2D eigenvalue weighted by molar-refractivity contribution is 5.87. The van der Waals surface area contributed by atoms with Crippen LogP contribution in [0.1, 0.15) is 18.4 Å². The summed E-state index contributed by atoms with van der Waals surface area (Å²) >= 11 is 0. The molecule has 9 heteroatoms. The van der Waals surface area contributed by atoms with Gasteiger partial charge in [-0.15, -0.1) is 0 Å². The minimum absolute atomic E-state index is 0.101. The molecule has 1 aromatic carbocycles. The summed E-state index contributed by atoms with van der Waals surface area (Å²) in [5.74, 6) is -1.35. The van der Waals surface area contributed by atoms with Gasteiger partial charge in [-0.05, 0) is 17.7 Å². The molecule has 0 bridgehead atoms. The first kappa shape index (κ1) is 18.4. The smallest absolute Gasteiger partial charge is 0.330 e. The molecule has 0 radical (unpaired) electrons. The zero-order valence-corrected chi connectivity index (χ0v) is 13.7. The van der Waals surface area contributed by atoms with Gasteiger partial charge in [-0.2, -0.15) is 0 Å². The van der Waals surface area contributed by atoms with Gasteiger partial charge in [-0.3, -0.25) is 14.9 Å². The van der Waals surface area contributed by atoms with Crippen molar-refractivity contribution >= 4 is 29.3 Å². The van der Waals surface area contributed by atoms with Crippen molar-refractivity contribution in [3.63, 3.8) is 0 Å². The van der Waals surface area contributed by atoms with E-state index in [1.165, 1.54) is 25.3 Å². The van der Waals surface area contributed by atoms with Gasteiger partial charge in [0.25, 0.3) is 5.69 Å². The Hall–Kier alpha value is -2.94. The number of piperidine rings is 1. The van der Waals surface area contributed by atoms with E-state index in [1.54, 1.807) is 17.0 Å². The number of ether oxygens (including phenoxy) is 1. The summed E-state index contributed by atoms with van der Waals surface area (Å²) in [7, 11) is 1.24. The van der Waals surface area contributed by atoms with Gasteiger partial charge >= 0.3 is 5.97 Å². The van der Waals surface area contributed by atoms with Crippen molar-refractivity contribution in [2.45, 2.75) is 18.4 Å². The molecule has 25 heavy (non-hydrogen) atoms. The van der Waals surface area contributed by atoms with Crippen LogP contribution in [0.15, 0.2) is 24.3 Å². The fourth-order valence-electron chi connectivity index (χ4n) is 2.65. The fourth-order valence-corrected chi connectivity index (χ4v) is 2.65. The third kappa shape index (κ3) is 4.13. The Balaban J connectivity index is 2.24. The number of hydrogen-bond donors (Lipinski definition) is 2. The van der Waals surface area contributed by atoms with E-state index in [4.69, 9.17) is 5.73 Å². The molecule has 1 heterocycles. The molecule has 1 amide bonds. The van der Waals surface area contributed by atoms with Crippen molar-refractivity contribution in [3.8, 4) is 0 Å². The minimum Gasteiger partial charge on any atom is -0.466 e. The molecule has 1 fully saturated rings. The number of benzene rings is 1. The van der Waals surface area contributed by atoms with Crippen LogP contribution in [0.3, 0.4) is 0 Å². The summed E-state index contributed by atoms with van der Waals surface area (Å²) in [6.07, 6.45) is 2.80. The van der Waals surface area contributed by atoms with Crippen molar-refractivity contribution < 1.29 is 24.4 Å². The molecule has 9 nitrogen and oxygen atoms in total. The molecular weight excluding hydrogens is 330 g/mol. The van der Waals surface area contributed by atoms with E-state index in [9.17, 15) is 24.8 Å². The van der Waals surface area contributed by atoms with E-state index in [2.05, 4.69) is 4.74 Å². The lowest BCUT2D eigenvalue weighted by molar-refractivity contribution is -0.384. The van der Waals surface area contributed by atoms with E-state index in [0.29, 0.717) is 11.3 Å². The first-order valence-corrected chi connectivity index (χ1v) is 7.58. The highest BCUT2D eigenvalue weighted by atomic mass is 16.6. The Morgan fingerprint density at radius 2 is 2.04 bits per heavy atom. The monoisotopic (exact) mass is 349 g/mol. The average Bonchev–Trinajstić information content (AvgIpc) is 2.60. The number of amides is 1. The number of nitro benzene ring substituents is 1. The van der Waals surface area contributed by atoms with E-state index in [-0.39, 0.29) is 31.6 Å². The second-order valence-electron chi connectivity index (χ2n) is 5.74. The Morgan fingerprint density at radius 1 is 1.40 bits per heavy atom. The third-order valence-corrected chi connectivity index (χ3v) is 4.20. The van der Waals surface area contributed by atoms with Gasteiger partial charge in [0, 0.05) is 38.1 Å². The van der Waals surface area contributed by atoms with Gasteiger partial charge in [0.15, 0.2) is 0 Å². The first-order valence-electron chi connectivity index (χ1n) is 7.58. The maximum atomic E-state index is 11.4. The Bertz CT molecular complexity index is 723. The molecule has 1 aliphatic rings. The van der Waals surface area contributed by atoms with Gasteiger partial charge in [0.1, 0.15) is 11.3 Å². The van der Waals surface area contributed by atoms with Crippen LogP contribution >= 0.6 is 0 Å². The molecule has 1 aromatic rings. The molecule has 0 aliphatic carbocycles. The summed E-state index contributed by atoms with van der Waals surface area (Å²) in [4.78, 5) is 35.0. The Kier molecular flexibility index (Phi) is 5.38. The largest absolute Gasteiger partial charge is 0.466 e. The molecule has 3 N–H and O–H groups in total. The van der Waals surface area contributed by atoms with E-state index >= 15 is 0 Å². The van der Waals surface area contributed by atoms with E-state index in [1.807, 2.05) is 0 Å². The lowest BCUT2D eigenvalue weighted by Gasteiger charge is -2.37. The zero-order chi connectivity index (χ0) is 18.6. The lowest BCUT2D eigenvalue weighted by Crippen LogP contribution is -2.52. The number of carbonyl (C=O) groups is 2. The number of esters is 1. The molecule has 2 rings (SSSR count). The first-order chi connectivity index (χ1) is 11.8. The number of rotatable bonds is 5. The number of nitrogens with zero attached hydrogens (tertiary/aromatic N) is 2. The number of anilines is 1. The maximum absolute atomic E-state index is 11.4. The lowest BCUT2D eigenvalue weighted by atomic mass is 9.90. The van der Waals surface area contributed by atoms with Crippen LogP contribution < -0.4 is 10.6 Å². The van der Waals surface area contributed by atoms with Gasteiger partial charge in [0.05, 0.1) is 12.0 Å². The van der Waals surface area contributed by atoms with Gasteiger partial charge in [-0.25, -0.2) is 4.79 Å². The van der Waals surface area contributed by atoms with Crippen LogP contribution in [-0.4, -0.2) is 47.7 Å². The zero-order valence-electron chi connectivity index (χ0n) is 13.7. The number of aliphatic hydroxyl groups is 1. The van der Waals surface area contributed by atoms with Gasteiger partial charge in [-0.1, -0.05) is 6.07 Å². The summed E-state index contributed by atoms with van der Waals surface area (Å²) in [5.41, 5.74) is 4.35. The van der Waals surface area contributed by atoms with E-state index < -0.39 is 22.4 Å². The van der Waals surface area contributed by atoms with Crippen LogP contribution in [0.25, 0.3) is 6.08 Å². The molecule has 134 valence electrons. The molecular formula is C16H19N3O6. The molecule has 1 saturated heterocycles. The van der Waals surface area contributed by atoms with Crippen LogP contribution in [0, 0.1) is 10.1 Å². The van der Waals surface area contributed by atoms with Crippen LogP contribution in [-0.2, 0) is 14.3 Å².